The molecule has 0 saturated carbocycles. The van der Waals surface area contributed by atoms with Crippen LogP contribution in [-0.4, -0.2) is 49.6 Å². The Morgan fingerprint density at radius 3 is 2.54 bits per heavy atom. The standard InChI is InChI=1S/C31H31FN4O2S/c32-25-19-28(26-11-17-39-29(26)20-25)35-15-13-34(14-16-35)12-10-22-6-7-24-8-9-30(37)36(27(24)18-22)31(38)33-21-23-4-2-1-3-5-23/h1-7,11,17-20H,8-10,12-16,21H2,(H,33,38). The number of anilines is 2. The van der Waals surface area contributed by atoms with Crippen LogP contribution in [0.4, 0.5) is 20.6 Å². The van der Waals surface area contributed by atoms with Crippen LogP contribution in [0.3, 0.4) is 0 Å². The number of imide groups is 1. The zero-order valence-electron chi connectivity index (χ0n) is 21.7. The molecule has 0 bridgehead atoms. The van der Waals surface area contributed by atoms with Crippen molar-refractivity contribution in [1.29, 1.82) is 0 Å². The predicted octanol–water partition coefficient (Wildman–Crippen LogP) is 5.59. The van der Waals surface area contributed by atoms with Gasteiger partial charge in [0.15, 0.2) is 0 Å². The van der Waals surface area contributed by atoms with E-state index in [1.165, 1.54) is 4.90 Å². The van der Waals surface area contributed by atoms with E-state index in [0.717, 1.165) is 71.6 Å². The topological polar surface area (TPSA) is 55.9 Å². The van der Waals surface area contributed by atoms with Gasteiger partial charge in [-0.25, -0.2) is 14.1 Å². The molecule has 6 rings (SSSR count). The highest BCUT2D eigenvalue weighted by Gasteiger charge is 2.30. The molecule has 0 radical (unpaired) electrons. The number of halogens is 1. The van der Waals surface area contributed by atoms with E-state index in [0.29, 0.717) is 25.1 Å². The average molecular weight is 543 g/mol. The van der Waals surface area contributed by atoms with E-state index in [-0.39, 0.29) is 17.8 Å². The van der Waals surface area contributed by atoms with Crippen molar-refractivity contribution in [2.24, 2.45) is 0 Å². The summed E-state index contributed by atoms with van der Waals surface area (Å²) in [4.78, 5) is 31.9. The number of aryl methyl sites for hydroxylation is 1. The number of thiophene rings is 1. The van der Waals surface area contributed by atoms with Crippen molar-refractivity contribution < 1.29 is 14.0 Å². The van der Waals surface area contributed by atoms with E-state index in [4.69, 9.17) is 0 Å². The molecule has 0 spiro atoms. The largest absolute Gasteiger partial charge is 0.368 e. The number of fused-ring (bicyclic) bond motifs is 2. The summed E-state index contributed by atoms with van der Waals surface area (Å²) in [5.74, 6) is -0.352. The fraction of sp³-hybridized carbons (Fsp3) is 0.290. The van der Waals surface area contributed by atoms with Gasteiger partial charge in [0.2, 0.25) is 5.91 Å². The van der Waals surface area contributed by atoms with Gasteiger partial charge in [0.1, 0.15) is 5.82 Å². The first-order chi connectivity index (χ1) is 19.0. The Labute approximate surface area is 231 Å². The lowest BCUT2D eigenvalue weighted by molar-refractivity contribution is -0.118. The molecular weight excluding hydrogens is 511 g/mol. The van der Waals surface area contributed by atoms with Gasteiger partial charge in [0, 0.05) is 61.5 Å². The van der Waals surface area contributed by atoms with Crippen LogP contribution >= 0.6 is 11.3 Å². The number of amides is 3. The predicted molar refractivity (Wildman–Crippen MR) is 155 cm³/mol. The molecule has 3 aromatic carbocycles. The Bertz CT molecular complexity index is 1500. The van der Waals surface area contributed by atoms with Gasteiger partial charge in [0.25, 0.3) is 0 Å². The molecule has 8 heteroatoms. The van der Waals surface area contributed by atoms with E-state index in [9.17, 15) is 14.0 Å². The average Bonchev–Trinajstić information content (AvgIpc) is 3.43. The number of rotatable bonds is 6. The second kappa shape index (κ2) is 11.2. The van der Waals surface area contributed by atoms with E-state index in [1.807, 2.05) is 41.8 Å². The van der Waals surface area contributed by atoms with E-state index >= 15 is 0 Å². The summed E-state index contributed by atoms with van der Waals surface area (Å²) >= 11 is 1.57. The number of urea groups is 1. The second-order valence-electron chi connectivity index (χ2n) is 10.2. The summed E-state index contributed by atoms with van der Waals surface area (Å²) in [6, 6.07) is 20.8. The number of piperazine rings is 1. The van der Waals surface area contributed by atoms with Crippen LogP contribution in [-0.2, 0) is 24.2 Å². The molecule has 6 nitrogen and oxygen atoms in total. The van der Waals surface area contributed by atoms with Gasteiger partial charge < -0.3 is 10.2 Å². The number of nitrogens with one attached hydrogen (secondary N) is 1. The Hall–Kier alpha value is -3.75. The first-order valence-electron chi connectivity index (χ1n) is 13.5. The Morgan fingerprint density at radius 2 is 1.72 bits per heavy atom. The molecule has 1 saturated heterocycles. The van der Waals surface area contributed by atoms with Crippen molar-refractivity contribution in [1.82, 2.24) is 10.2 Å². The summed E-state index contributed by atoms with van der Waals surface area (Å²) in [5.41, 5.74) is 4.80. The van der Waals surface area contributed by atoms with Crippen LogP contribution in [0.1, 0.15) is 23.1 Å². The molecule has 39 heavy (non-hydrogen) atoms. The van der Waals surface area contributed by atoms with Gasteiger partial charge in [0.05, 0.1) is 5.69 Å². The number of benzene rings is 3. The highest BCUT2D eigenvalue weighted by molar-refractivity contribution is 7.17. The molecule has 200 valence electrons. The van der Waals surface area contributed by atoms with Gasteiger partial charge in [-0.3, -0.25) is 9.69 Å². The fourth-order valence-corrected chi connectivity index (χ4v) is 6.36. The first-order valence-corrected chi connectivity index (χ1v) is 14.3. The lowest BCUT2D eigenvalue weighted by atomic mass is 9.98. The van der Waals surface area contributed by atoms with Crippen molar-refractivity contribution in [3.05, 3.63) is 94.6 Å². The summed E-state index contributed by atoms with van der Waals surface area (Å²) in [7, 11) is 0. The summed E-state index contributed by atoms with van der Waals surface area (Å²) in [5, 5.41) is 6.04. The Morgan fingerprint density at radius 1 is 0.897 bits per heavy atom. The first kappa shape index (κ1) is 25.5. The fourth-order valence-electron chi connectivity index (χ4n) is 5.53. The van der Waals surface area contributed by atoms with E-state index < -0.39 is 0 Å². The van der Waals surface area contributed by atoms with Crippen LogP contribution < -0.4 is 15.1 Å². The molecular formula is C31H31FN4O2S. The number of carbonyl (C=O) groups is 2. The molecule has 2 aliphatic heterocycles. The Kier molecular flexibility index (Phi) is 7.30. The molecule has 3 amide bonds. The lowest BCUT2D eigenvalue weighted by Gasteiger charge is -2.36. The lowest BCUT2D eigenvalue weighted by Crippen LogP contribution is -2.47. The number of nitrogens with zero attached hydrogens (tertiary/aromatic N) is 3. The van der Waals surface area contributed by atoms with Crippen LogP contribution in [0.15, 0.2) is 72.1 Å². The van der Waals surface area contributed by atoms with Crippen LogP contribution in [0.25, 0.3) is 10.1 Å². The maximum absolute atomic E-state index is 14.2. The summed E-state index contributed by atoms with van der Waals surface area (Å²) in [6.07, 6.45) is 1.81. The third-order valence-corrected chi connectivity index (χ3v) is 8.55. The maximum atomic E-state index is 14.2. The molecule has 3 heterocycles. The highest BCUT2D eigenvalue weighted by atomic mass is 32.1. The van der Waals surface area contributed by atoms with Gasteiger partial charge in [-0.15, -0.1) is 11.3 Å². The normalized spacial score (nSPS) is 16.0. The van der Waals surface area contributed by atoms with Crippen LogP contribution in [0.2, 0.25) is 0 Å². The SMILES string of the molecule is O=C1CCc2ccc(CCN3CCN(c4cc(F)cc5sccc45)CC3)cc2N1C(=O)NCc1ccccc1. The van der Waals surface area contributed by atoms with Crippen LogP contribution in [0, 0.1) is 5.82 Å². The van der Waals surface area contributed by atoms with Gasteiger partial charge >= 0.3 is 6.03 Å². The van der Waals surface area contributed by atoms with E-state index in [2.05, 4.69) is 33.3 Å². The van der Waals surface area contributed by atoms with E-state index in [1.54, 1.807) is 23.5 Å². The van der Waals surface area contributed by atoms with Crippen molar-refractivity contribution >= 4 is 44.7 Å². The zero-order chi connectivity index (χ0) is 26.8. The van der Waals surface area contributed by atoms with Crippen molar-refractivity contribution in [2.75, 3.05) is 42.5 Å². The monoisotopic (exact) mass is 542 g/mol. The minimum absolute atomic E-state index is 0.168. The van der Waals surface area contributed by atoms with Crippen LogP contribution in [0.5, 0.6) is 0 Å². The van der Waals surface area contributed by atoms with Crippen molar-refractivity contribution in [2.45, 2.75) is 25.8 Å². The quantitative estimate of drug-likeness (QED) is 0.345. The smallest absolute Gasteiger partial charge is 0.329 e. The molecule has 0 atom stereocenters. The number of hydrogen-bond acceptors (Lipinski definition) is 5. The zero-order valence-corrected chi connectivity index (χ0v) is 22.6. The maximum Gasteiger partial charge on any atom is 0.329 e. The third-order valence-electron chi connectivity index (χ3n) is 7.68. The highest BCUT2D eigenvalue weighted by Crippen LogP contribution is 2.33. The van der Waals surface area contributed by atoms with Gasteiger partial charge in [-0.05, 0) is 59.2 Å². The molecule has 0 aliphatic carbocycles. The molecule has 0 unspecified atom stereocenters. The molecule has 1 N–H and O–H groups in total. The minimum atomic E-state index is -0.379. The number of hydrogen-bond donors (Lipinski definition) is 1. The number of carbonyl (C=O) groups excluding carboxylic acids is 2. The van der Waals surface area contributed by atoms with Crippen molar-refractivity contribution in [3.63, 3.8) is 0 Å². The summed E-state index contributed by atoms with van der Waals surface area (Å²) < 4.78 is 15.2. The van der Waals surface area contributed by atoms with Gasteiger partial charge in [-0.1, -0.05) is 42.5 Å². The minimum Gasteiger partial charge on any atom is -0.368 e. The second-order valence-corrected chi connectivity index (χ2v) is 11.1. The third kappa shape index (κ3) is 5.53. The Balaban J connectivity index is 1.08. The molecule has 1 fully saturated rings. The summed E-state index contributed by atoms with van der Waals surface area (Å²) in [6.45, 7) is 4.76. The van der Waals surface area contributed by atoms with Gasteiger partial charge in [-0.2, -0.15) is 0 Å². The van der Waals surface area contributed by atoms with Crippen molar-refractivity contribution in [3.8, 4) is 0 Å². The molecule has 2 aliphatic rings. The molecule has 1 aromatic heterocycles. The molecule has 4 aromatic rings.